The van der Waals surface area contributed by atoms with Crippen molar-refractivity contribution >= 4 is 0 Å². The first kappa shape index (κ1) is 40.8. The highest BCUT2D eigenvalue weighted by atomic mass is 14.9. The van der Waals surface area contributed by atoms with Crippen LogP contribution in [-0.4, -0.2) is 12.6 Å². The van der Waals surface area contributed by atoms with E-state index in [4.69, 9.17) is 0 Å². The van der Waals surface area contributed by atoms with Gasteiger partial charge in [0.15, 0.2) is 0 Å². The Morgan fingerprint density at radius 1 is 0.778 bits per heavy atom. The van der Waals surface area contributed by atoms with Gasteiger partial charge in [0.25, 0.3) is 0 Å². The lowest BCUT2D eigenvalue weighted by molar-refractivity contribution is 0.423. The van der Waals surface area contributed by atoms with Crippen molar-refractivity contribution in [2.24, 2.45) is 17.8 Å². The summed E-state index contributed by atoms with van der Waals surface area (Å²) >= 11 is 0. The molecule has 0 aromatic rings. The summed E-state index contributed by atoms with van der Waals surface area (Å²) in [6, 6.07) is 0.495. The number of rotatable bonds is 16. The minimum absolute atomic E-state index is 0.495. The van der Waals surface area contributed by atoms with Gasteiger partial charge in [-0.3, -0.25) is 0 Å². The Hall–Kier alpha value is -2.90. The van der Waals surface area contributed by atoms with Crippen LogP contribution >= 0.6 is 0 Å². The summed E-state index contributed by atoms with van der Waals surface area (Å²) in [6.07, 6.45) is 57.6. The molecule has 0 bridgehead atoms. The molecule has 292 valence electrons. The third-order valence-electron chi connectivity index (χ3n) is 13.8. The molecule has 0 radical (unpaired) electrons. The molecule has 0 aliphatic heterocycles. The molecular formula is C53H75N. The maximum Gasteiger partial charge on any atom is 0.0253 e. The van der Waals surface area contributed by atoms with Gasteiger partial charge in [-0.05, 0) is 180 Å². The number of hydrogen-bond donors (Lipinski definition) is 1. The lowest BCUT2D eigenvalue weighted by atomic mass is 9.74. The first-order chi connectivity index (χ1) is 26.5. The molecule has 0 fully saturated rings. The van der Waals surface area contributed by atoms with Crippen LogP contribution in [-0.2, 0) is 0 Å². The zero-order valence-corrected chi connectivity index (χ0v) is 35.0. The first-order valence-electron chi connectivity index (χ1n) is 22.9. The third-order valence-corrected chi connectivity index (χ3v) is 13.8. The highest BCUT2D eigenvalue weighted by molar-refractivity contribution is 5.58. The molecule has 3 unspecified atom stereocenters. The predicted octanol–water partition coefficient (Wildman–Crippen LogP) is 15.4. The molecule has 0 aromatic heterocycles. The Morgan fingerprint density at radius 2 is 1.63 bits per heavy atom. The molecule has 54 heavy (non-hydrogen) atoms. The molecule has 0 amide bonds. The van der Waals surface area contributed by atoms with Gasteiger partial charge in [0.1, 0.15) is 0 Å². The van der Waals surface area contributed by atoms with Crippen LogP contribution in [0.4, 0.5) is 0 Å². The summed E-state index contributed by atoms with van der Waals surface area (Å²) in [5.41, 5.74) is 16.1. The molecule has 0 saturated heterocycles. The van der Waals surface area contributed by atoms with Gasteiger partial charge >= 0.3 is 0 Å². The second-order valence-electron chi connectivity index (χ2n) is 17.6. The number of allylic oxidation sites excluding steroid dienone is 19. The van der Waals surface area contributed by atoms with Gasteiger partial charge in [-0.2, -0.15) is 0 Å². The molecule has 1 heteroatoms. The van der Waals surface area contributed by atoms with E-state index in [0.29, 0.717) is 12.0 Å². The second kappa shape index (κ2) is 21.4. The van der Waals surface area contributed by atoms with Gasteiger partial charge < -0.3 is 5.32 Å². The fourth-order valence-corrected chi connectivity index (χ4v) is 10.3. The van der Waals surface area contributed by atoms with Gasteiger partial charge in [-0.25, -0.2) is 0 Å². The van der Waals surface area contributed by atoms with Crippen LogP contribution in [0.3, 0.4) is 0 Å². The maximum absolute atomic E-state index is 4.03. The number of hydrogen-bond acceptors (Lipinski definition) is 1. The number of unbranched alkanes of at least 4 members (excludes halogenated alkanes) is 1. The molecule has 0 aromatic carbocycles. The molecule has 0 spiro atoms. The van der Waals surface area contributed by atoms with E-state index < -0.39 is 0 Å². The van der Waals surface area contributed by atoms with Crippen molar-refractivity contribution in [3.8, 4) is 0 Å². The van der Waals surface area contributed by atoms with Crippen molar-refractivity contribution in [3.63, 3.8) is 0 Å². The molecule has 6 aliphatic carbocycles. The quantitative estimate of drug-likeness (QED) is 0.156. The Balaban J connectivity index is 1.22. The van der Waals surface area contributed by atoms with E-state index >= 15 is 0 Å². The van der Waals surface area contributed by atoms with Gasteiger partial charge in [-0.15, -0.1) is 0 Å². The molecule has 6 rings (SSSR count). The van der Waals surface area contributed by atoms with Crippen molar-refractivity contribution in [1.29, 1.82) is 0 Å². The van der Waals surface area contributed by atoms with Crippen molar-refractivity contribution < 1.29 is 0 Å². The Kier molecular flexibility index (Phi) is 16.2. The van der Waals surface area contributed by atoms with E-state index in [9.17, 15) is 0 Å². The van der Waals surface area contributed by atoms with Crippen LogP contribution in [0.5, 0.6) is 0 Å². The Morgan fingerprint density at radius 3 is 2.37 bits per heavy atom. The minimum atomic E-state index is 0.495. The van der Waals surface area contributed by atoms with Gasteiger partial charge in [-0.1, -0.05) is 135 Å². The molecule has 4 atom stereocenters. The summed E-state index contributed by atoms with van der Waals surface area (Å²) in [4.78, 5) is 0. The van der Waals surface area contributed by atoms with E-state index in [1.165, 1.54) is 140 Å². The van der Waals surface area contributed by atoms with Crippen LogP contribution in [0, 0.1) is 17.8 Å². The lowest BCUT2D eigenvalue weighted by Gasteiger charge is -2.31. The summed E-state index contributed by atoms with van der Waals surface area (Å²) in [6.45, 7) is 10.6. The van der Waals surface area contributed by atoms with Crippen molar-refractivity contribution in [2.75, 3.05) is 6.54 Å². The van der Waals surface area contributed by atoms with Gasteiger partial charge in [0.2, 0.25) is 0 Å². The topological polar surface area (TPSA) is 12.0 Å². The van der Waals surface area contributed by atoms with Crippen molar-refractivity contribution in [3.05, 3.63) is 129 Å². The zero-order chi connectivity index (χ0) is 37.5. The molecule has 0 saturated carbocycles. The van der Waals surface area contributed by atoms with Crippen LogP contribution < -0.4 is 5.32 Å². The van der Waals surface area contributed by atoms with Crippen molar-refractivity contribution in [1.82, 2.24) is 5.32 Å². The smallest absolute Gasteiger partial charge is 0.0253 e. The molecule has 0 heterocycles. The van der Waals surface area contributed by atoms with E-state index in [-0.39, 0.29) is 0 Å². The van der Waals surface area contributed by atoms with Gasteiger partial charge in [0.05, 0.1) is 0 Å². The zero-order valence-electron chi connectivity index (χ0n) is 35.0. The summed E-state index contributed by atoms with van der Waals surface area (Å²) in [5.74, 6) is 2.21. The highest BCUT2D eigenvalue weighted by Gasteiger charge is 2.26. The molecule has 1 nitrogen and oxygen atoms in total. The van der Waals surface area contributed by atoms with E-state index in [1.54, 1.807) is 44.6 Å². The molecule has 1 N–H and O–H groups in total. The summed E-state index contributed by atoms with van der Waals surface area (Å²) in [7, 11) is 0. The van der Waals surface area contributed by atoms with Crippen LogP contribution in [0.25, 0.3) is 0 Å². The standard InChI is InChI=1S/C53H75N/c1-5-7-23-45(18-6-2)48-24-17-25-49(38-48)46-34-32-44(33-35-46)41(4)51-28-14-15-29-52(51)53(39-54-50-26-12-9-13-27-50)47-36-30-43(31-37-47)40(3)19-16-22-42-20-10-8-11-21-42/h10,12,14,20,22,24,26,28,30,32,34,36,40,45,49-50,54H,5-9,11,13,15-19,21,23,25,27,29,31,33,35,37-39H2,1-4H3/b42-22-,51-41+,53-52+/t40?,45?,49-,50?/m0/s1. The average Bonchev–Trinajstić information content (AvgIpc) is 3.23. The first-order valence-corrected chi connectivity index (χ1v) is 22.9. The van der Waals surface area contributed by atoms with E-state index in [2.05, 4.69) is 106 Å². The predicted molar refractivity (Wildman–Crippen MR) is 237 cm³/mol. The van der Waals surface area contributed by atoms with E-state index in [0.717, 1.165) is 31.2 Å². The molecular weight excluding hydrogens is 651 g/mol. The highest BCUT2D eigenvalue weighted by Crippen LogP contribution is 2.42. The van der Waals surface area contributed by atoms with Crippen LogP contribution in [0.2, 0.25) is 0 Å². The van der Waals surface area contributed by atoms with Gasteiger partial charge in [0, 0.05) is 12.6 Å². The van der Waals surface area contributed by atoms with E-state index in [1.807, 2.05) is 0 Å². The van der Waals surface area contributed by atoms with Crippen molar-refractivity contribution in [2.45, 2.75) is 175 Å². The van der Waals surface area contributed by atoms with Crippen LogP contribution in [0.15, 0.2) is 129 Å². The minimum Gasteiger partial charge on any atom is -0.306 e. The maximum atomic E-state index is 4.03. The fraction of sp³-hybridized carbons (Fsp3) is 0.585. The number of nitrogens with one attached hydrogen (secondary N) is 1. The largest absolute Gasteiger partial charge is 0.306 e. The summed E-state index contributed by atoms with van der Waals surface area (Å²) in [5, 5.41) is 4.03. The Labute approximate surface area is 332 Å². The monoisotopic (exact) mass is 726 g/mol. The SMILES string of the molecule is CCCCC(CCC)C1=CCC[C@H](C2=CC=C(/C(C)=C3\C=CCC\C3=C(\CNC3C=CCCC3)C3=CC=C(C(C)CC/C=C4/C=CCCC4)CC3)CC2)C1. The fourth-order valence-electron chi connectivity index (χ4n) is 10.3. The second-order valence-corrected chi connectivity index (χ2v) is 17.6. The third kappa shape index (κ3) is 11.3. The Bertz CT molecular complexity index is 1620. The van der Waals surface area contributed by atoms with Crippen LogP contribution in [0.1, 0.15) is 169 Å². The normalized spacial score (nSPS) is 27.1. The molecule has 6 aliphatic rings. The lowest BCUT2D eigenvalue weighted by Crippen LogP contribution is -2.31. The summed E-state index contributed by atoms with van der Waals surface area (Å²) < 4.78 is 0. The average molecular weight is 726 g/mol.